The predicted octanol–water partition coefficient (Wildman–Crippen LogP) is 3.86. The van der Waals surface area contributed by atoms with Crippen molar-refractivity contribution in [3.05, 3.63) is 17.3 Å². The monoisotopic (exact) mass is 388 g/mol. The van der Waals surface area contributed by atoms with Crippen LogP contribution in [0.3, 0.4) is 0 Å². The van der Waals surface area contributed by atoms with E-state index in [1.807, 2.05) is 6.07 Å². The van der Waals surface area contributed by atoms with Gasteiger partial charge in [-0.2, -0.15) is 0 Å². The lowest BCUT2D eigenvalue weighted by Gasteiger charge is -2.20. The second kappa shape index (κ2) is 9.32. The highest BCUT2D eigenvalue weighted by Crippen LogP contribution is 2.47. The lowest BCUT2D eigenvalue weighted by Crippen LogP contribution is -2.16. The minimum absolute atomic E-state index is 0.567. The Kier molecular flexibility index (Phi) is 6.83. The van der Waals surface area contributed by atoms with E-state index in [4.69, 9.17) is 23.9 Å². The van der Waals surface area contributed by atoms with Gasteiger partial charge in [-0.25, -0.2) is 4.98 Å². The Balaban J connectivity index is 2.16. The van der Waals surface area contributed by atoms with Gasteiger partial charge in [-0.3, -0.25) is 0 Å². The van der Waals surface area contributed by atoms with Crippen LogP contribution in [0.5, 0.6) is 23.0 Å². The SMILES string of the molecule is COc1cc2c(OCCCN(C)C)c3c(nc2c(OC)c1OC)CCCCC3. The maximum absolute atomic E-state index is 6.38. The molecule has 0 spiro atoms. The smallest absolute Gasteiger partial charge is 0.205 e. The lowest BCUT2D eigenvalue weighted by molar-refractivity contribution is 0.281. The average Bonchev–Trinajstić information content (AvgIpc) is 2.94. The van der Waals surface area contributed by atoms with Crippen molar-refractivity contribution >= 4 is 10.9 Å². The topological polar surface area (TPSA) is 53.1 Å². The molecule has 0 fully saturated rings. The van der Waals surface area contributed by atoms with Gasteiger partial charge in [-0.1, -0.05) is 6.42 Å². The molecule has 0 amide bonds. The van der Waals surface area contributed by atoms with E-state index in [1.165, 1.54) is 18.4 Å². The molecule has 0 aliphatic heterocycles. The van der Waals surface area contributed by atoms with Crippen LogP contribution in [0, 0.1) is 0 Å². The maximum Gasteiger partial charge on any atom is 0.205 e. The van der Waals surface area contributed by atoms with Gasteiger partial charge in [0.25, 0.3) is 0 Å². The first-order valence-corrected chi connectivity index (χ1v) is 10.0. The fourth-order valence-electron chi connectivity index (χ4n) is 3.88. The van der Waals surface area contributed by atoms with Crippen LogP contribution >= 0.6 is 0 Å². The summed E-state index contributed by atoms with van der Waals surface area (Å²) in [5, 5.41) is 0.931. The minimum atomic E-state index is 0.567. The molecule has 1 aromatic heterocycles. The summed E-state index contributed by atoms with van der Waals surface area (Å²) in [6.07, 6.45) is 6.47. The number of rotatable bonds is 8. The molecule has 0 saturated carbocycles. The van der Waals surface area contributed by atoms with Crippen molar-refractivity contribution in [3.8, 4) is 23.0 Å². The predicted molar refractivity (Wildman–Crippen MR) is 111 cm³/mol. The molecule has 28 heavy (non-hydrogen) atoms. The fourth-order valence-corrected chi connectivity index (χ4v) is 3.88. The van der Waals surface area contributed by atoms with Crippen LogP contribution in [0.25, 0.3) is 10.9 Å². The number of benzene rings is 1. The standard InChI is InChI=1S/C22H32N2O4/c1-24(2)12-9-13-28-20-15-10-7-6-8-11-17(15)23-19-16(20)14-18(25-3)21(26-4)22(19)27-5/h14H,6-13H2,1-5H3. The van der Waals surface area contributed by atoms with Crippen LogP contribution in [-0.2, 0) is 12.8 Å². The number of pyridine rings is 1. The van der Waals surface area contributed by atoms with Gasteiger partial charge in [-0.05, 0) is 52.3 Å². The normalized spacial score (nSPS) is 13.9. The Hall–Kier alpha value is -2.21. The highest BCUT2D eigenvalue weighted by atomic mass is 16.5. The zero-order valence-corrected chi connectivity index (χ0v) is 17.8. The molecule has 1 aliphatic rings. The van der Waals surface area contributed by atoms with Crippen molar-refractivity contribution in [2.75, 3.05) is 48.6 Å². The summed E-state index contributed by atoms with van der Waals surface area (Å²) in [5.74, 6) is 2.72. The third-order valence-corrected chi connectivity index (χ3v) is 5.25. The van der Waals surface area contributed by atoms with Crippen LogP contribution in [0.2, 0.25) is 0 Å². The summed E-state index contributed by atoms with van der Waals surface area (Å²) in [7, 11) is 9.05. The largest absolute Gasteiger partial charge is 0.493 e. The minimum Gasteiger partial charge on any atom is -0.493 e. The third kappa shape index (κ3) is 4.12. The van der Waals surface area contributed by atoms with Gasteiger partial charge >= 0.3 is 0 Å². The molecule has 1 aliphatic carbocycles. The van der Waals surface area contributed by atoms with Gasteiger partial charge in [0, 0.05) is 17.8 Å². The van der Waals surface area contributed by atoms with Gasteiger partial charge in [0.15, 0.2) is 11.5 Å². The van der Waals surface area contributed by atoms with E-state index < -0.39 is 0 Å². The van der Waals surface area contributed by atoms with Crippen molar-refractivity contribution < 1.29 is 18.9 Å². The maximum atomic E-state index is 6.38. The highest BCUT2D eigenvalue weighted by Gasteiger charge is 2.24. The summed E-state index contributed by atoms with van der Waals surface area (Å²) in [6, 6.07) is 1.97. The van der Waals surface area contributed by atoms with E-state index in [-0.39, 0.29) is 0 Å². The molecule has 0 atom stereocenters. The lowest BCUT2D eigenvalue weighted by atomic mass is 10.0. The van der Waals surface area contributed by atoms with Crippen LogP contribution in [0.15, 0.2) is 6.07 Å². The first kappa shape index (κ1) is 20.5. The van der Waals surface area contributed by atoms with Gasteiger partial charge in [-0.15, -0.1) is 0 Å². The summed E-state index contributed by atoms with van der Waals surface area (Å²) < 4.78 is 23.2. The van der Waals surface area contributed by atoms with Crippen molar-refractivity contribution in [2.45, 2.75) is 38.5 Å². The fraction of sp³-hybridized carbons (Fsp3) is 0.591. The number of aromatic nitrogens is 1. The van der Waals surface area contributed by atoms with E-state index in [2.05, 4.69) is 19.0 Å². The number of nitrogens with zero attached hydrogens (tertiary/aromatic N) is 2. The van der Waals surface area contributed by atoms with E-state index in [1.54, 1.807) is 21.3 Å². The number of fused-ring (bicyclic) bond motifs is 2. The first-order valence-electron chi connectivity index (χ1n) is 10.0. The molecule has 3 rings (SSSR count). The number of aryl methyl sites for hydroxylation is 1. The molecule has 6 nitrogen and oxygen atoms in total. The Morgan fingerprint density at radius 3 is 2.36 bits per heavy atom. The van der Waals surface area contributed by atoms with Gasteiger partial charge in [0.2, 0.25) is 5.75 Å². The van der Waals surface area contributed by atoms with E-state index in [9.17, 15) is 0 Å². The van der Waals surface area contributed by atoms with Gasteiger partial charge in [0.1, 0.15) is 11.3 Å². The average molecular weight is 389 g/mol. The van der Waals surface area contributed by atoms with Crippen LogP contribution in [0.4, 0.5) is 0 Å². The summed E-state index contributed by atoms with van der Waals surface area (Å²) in [5.41, 5.74) is 3.14. The Labute approximate surface area is 167 Å². The number of hydrogen-bond donors (Lipinski definition) is 0. The number of methoxy groups -OCH3 is 3. The summed E-state index contributed by atoms with van der Waals surface area (Å²) in [4.78, 5) is 7.17. The zero-order chi connectivity index (χ0) is 20.1. The van der Waals surface area contributed by atoms with Crippen LogP contribution < -0.4 is 18.9 Å². The van der Waals surface area contributed by atoms with Crippen molar-refractivity contribution in [2.24, 2.45) is 0 Å². The Morgan fingerprint density at radius 2 is 1.68 bits per heavy atom. The Morgan fingerprint density at radius 1 is 0.929 bits per heavy atom. The molecule has 6 heteroatoms. The highest BCUT2D eigenvalue weighted by molar-refractivity contribution is 5.95. The van der Waals surface area contributed by atoms with Crippen LogP contribution in [-0.4, -0.2) is 58.5 Å². The Bertz CT molecular complexity index is 820. The van der Waals surface area contributed by atoms with Crippen molar-refractivity contribution in [3.63, 3.8) is 0 Å². The zero-order valence-electron chi connectivity index (χ0n) is 17.8. The molecule has 0 saturated heterocycles. The second-order valence-corrected chi connectivity index (χ2v) is 7.47. The van der Waals surface area contributed by atoms with Crippen molar-refractivity contribution in [1.82, 2.24) is 9.88 Å². The van der Waals surface area contributed by atoms with Gasteiger partial charge in [0.05, 0.1) is 33.3 Å². The van der Waals surface area contributed by atoms with Gasteiger partial charge < -0.3 is 23.8 Å². The summed E-state index contributed by atoms with van der Waals surface area (Å²) in [6.45, 7) is 1.66. The molecule has 0 radical (unpaired) electrons. The summed E-state index contributed by atoms with van der Waals surface area (Å²) >= 11 is 0. The quantitative estimate of drug-likeness (QED) is 0.506. The molecule has 1 heterocycles. The molecule has 1 aromatic carbocycles. The number of hydrogen-bond acceptors (Lipinski definition) is 6. The number of ether oxygens (including phenoxy) is 4. The van der Waals surface area contributed by atoms with E-state index in [0.717, 1.165) is 54.6 Å². The molecule has 0 bridgehead atoms. The first-order chi connectivity index (χ1) is 13.6. The second-order valence-electron chi connectivity index (χ2n) is 7.47. The van der Waals surface area contributed by atoms with E-state index >= 15 is 0 Å². The molecule has 0 N–H and O–H groups in total. The van der Waals surface area contributed by atoms with E-state index in [0.29, 0.717) is 23.9 Å². The molecular formula is C22H32N2O4. The molecule has 2 aromatic rings. The molecular weight excluding hydrogens is 356 g/mol. The van der Waals surface area contributed by atoms with Crippen molar-refractivity contribution in [1.29, 1.82) is 0 Å². The third-order valence-electron chi connectivity index (χ3n) is 5.25. The molecule has 0 unspecified atom stereocenters. The molecule has 154 valence electrons. The van der Waals surface area contributed by atoms with Crippen LogP contribution in [0.1, 0.15) is 36.9 Å².